The van der Waals surface area contributed by atoms with Crippen molar-refractivity contribution in [2.75, 3.05) is 13.2 Å². The fourth-order valence-electron chi connectivity index (χ4n) is 11.3. The molecule has 0 radical (unpaired) electrons. The Labute approximate surface area is 512 Å². The summed E-state index contributed by atoms with van der Waals surface area (Å²) >= 11 is 0. The molecule has 0 spiro atoms. The molecule has 0 saturated carbocycles. The van der Waals surface area contributed by atoms with Gasteiger partial charge < -0.3 is 14.2 Å². The average Bonchev–Trinajstić information content (AvgIpc) is 3.48. The zero-order valence-electron chi connectivity index (χ0n) is 55.5. The third-order valence-electron chi connectivity index (χ3n) is 16.9. The molecule has 0 aromatic carbocycles. The Kier molecular flexibility index (Phi) is 69.1. The number of rotatable bonds is 69. The summed E-state index contributed by atoms with van der Waals surface area (Å²) in [5, 5.41) is 0. The normalized spacial score (nSPS) is 12.2. The van der Waals surface area contributed by atoms with Gasteiger partial charge in [-0.3, -0.25) is 14.4 Å². The van der Waals surface area contributed by atoms with Crippen LogP contribution >= 0.6 is 0 Å². The van der Waals surface area contributed by atoms with Crippen LogP contribution in [0.1, 0.15) is 412 Å². The second-order valence-electron chi connectivity index (χ2n) is 25.2. The topological polar surface area (TPSA) is 78.9 Å². The van der Waals surface area contributed by atoms with Crippen molar-refractivity contribution in [1.29, 1.82) is 0 Å². The minimum Gasteiger partial charge on any atom is -0.462 e. The maximum absolute atomic E-state index is 12.9. The molecular formula is C76H142O6. The zero-order chi connectivity index (χ0) is 59.2. The standard InChI is InChI=1S/C76H142O6/c1-4-7-10-13-16-19-21-23-25-27-29-31-33-35-36-37-38-39-40-41-43-44-46-48-50-52-54-57-60-63-66-69-75(78)81-72-73(71-80-74(77)68-65-62-59-56-18-15-12-9-6-3)82-76(79)70-67-64-61-58-55-53-51-49-47-45-42-34-32-30-28-26-24-22-20-17-14-11-8-5-2/h21,23,27,29,33,35,73H,4-20,22,24-26,28,30-32,34,36-72H2,1-3H3/b23-21-,29-27-,35-33-. The molecule has 0 N–H and O–H groups in total. The predicted molar refractivity (Wildman–Crippen MR) is 358 cm³/mol. The lowest BCUT2D eigenvalue weighted by atomic mass is 10.0. The Morgan fingerprint density at radius 2 is 0.439 bits per heavy atom. The van der Waals surface area contributed by atoms with E-state index in [2.05, 4.69) is 57.2 Å². The minimum absolute atomic E-state index is 0.0652. The Bertz CT molecular complexity index is 1370. The number of allylic oxidation sites excluding steroid dienone is 6. The fraction of sp³-hybridized carbons (Fsp3) is 0.882. The first kappa shape index (κ1) is 79.6. The van der Waals surface area contributed by atoms with Crippen molar-refractivity contribution in [3.63, 3.8) is 0 Å². The van der Waals surface area contributed by atoms with E-state index in [1.807, 2.05) is 0 Å². The molecule has 482 valence electrons. The Morgan fingerprint density at radius 1 is 0.244 bits per heavy atom. The summed E-state index contributed by atoms with van der Waals surface area (Å²) in [6.45, 7) is 6.69. The molecule has 82 heavy (non-hydrogen) atoms. The van der Waals surface area contributed by atoms with Gasteiger partial charge in [-0.2, -0.15) is 0 Å². The maximum Gasteiger partial charge on any atom is 0.306 e. The molecule has 0 aromatic rings. The Morgan fingerprint density at radius 3 is 0.683 bits per heavy atom. The molecular weight excluding hydrogens is 1010 g/mol. The molecule has 0 amide bonds. The van der Waals surface area contributed by atoms with Crippen LogP contribution in [-0.4, -0.2) is 37.2 Å². The van der Waals surface area contributed by atoms with Crippen LogP contribution in [0, 0.1) is 0 Å². The Balaban J connectivity index is 4.07. The summed E-state index contributed by atoms with van der Waals surface area (Å²) in [6.07, 6.45) is 89.2. The molecule has 0 fully saturated rings. The number of carbonyl (C=O) groups excluding carboxylic acids is 3. The summed E-state index contributed by atoms with van der Waals surface area (Å²) in [7, 11) is 0. The van der Waals surface area contributed by atoms with Gasteiger partial charge in [0.1, 0.15) is 13.2 Å². The van der Waals surface area contributed by atoms with E-state index < -0.39 is 6.10 Å². The average molecular weight is 1150 g/mol. The summed E-state index contributed by atoms with van der Waals surface area (Å²) in [5.41, 5.74) is 0. The van der Waals surface area contributed by atoms with Crippen molar-refractivity contribution in [3.05, 3.63) is 36.5 Å². The summed E-state index contributed by atoms with van der Waals surface area (Å²) in [6, 6.07) is 0. The van der Waals surface area contributed by atoms with E-state index in [0.29, 0.717) is 19.3 Å². The molecule has 0 bridgehead atoms. The molecule has 6 nitrogen and oxygen atoms in total. The van der Waals surface area contributed by atoms with Gasteiger partial charge in [0.15, 0.2) is 6.10 Å². The van der Waals surface area contributed by atoms with Crippen LogP contribution in [0.25, 0.3) is 0 Å². The molecule has 0 saturated heterocycles. The number of hydrogen-bond acceptors (Lipinski definition) is 6. The monoisotopic (exact) mass is 1150 g/mol. The smallest absolute Gasteiger partial charge is 0.306 e. The van der Waals surface area contributed by atoms with Gasteiger partial charge in [0.05, 0.1) is 0 Å². The maximum atomic E-state index is 12.9. The second-order valence-corrected chi connectivity index (χ2v) is 25.2. The van der Waals surface area contributed by atoms with E-state index in [0.717, 1.165) is 70.6 Å². The summed E-state index contributed by atoms with van der Waals surface area (Å²) in [4.78, 5) is 38.3. The van der Waals surface area contributed by atoms with Gasteiger partial charge in [-0.15, -0.1) is 0 Å². The van der Waals surface area contributed by atoms with Gasteiger partial charge in [-0.1, -0.05) is 372 Å². The third kappa shape index (κ3) is 68.4. The van der Waals surface area contributed by atoms with Crippen molar-refractivity contribution >= 4 is 17.9 Å². The van der Waals surface area contributed by atoms with Crippen LogP contribution < -0.4 is 0 Å². The molecule has 0 heterocycles. The first-order valence-electron chi connectivity index (χ1n) is 37.0. The van der Waals surface area contributed by atoms with E-state index >= 15 is 0 Å². The van der Waals surface area contributed by atoms with Crippen LogP contribution in [-0.2, 0) is 28.6 Å². The van der Waals surface area contributed by atoms with Gasteiger partial charge in [0.2, 0.25) is 0 Å². The molecule has 1 atom stereocenters. The summed E-state index contributed by atoms with van der Waals surface area (Å²) < 4.78 is 17.0. The van der Waals surface area contributed by atoms with Crippen LogP contribution in [0.5, 0.6) is 0 Å². The van der Waals surface area contributed by atoms with Crippen LogP contribution in [0.3, 0.4) is 0 Å². The molecule has 0 aromatic heterocycles. The quantitative estimate of drug-likeness (QED) is 0.0261. The highest BCUT2D eigenvalue weighted by Gasteiger charge is 2.20. The highest BCUT2D eigenvalue weighted by Crippen LogP contribution is 2.19. The lowest BCUT2D eigenvalue weighted by molar-refractivity contribution is -0.167. The van der Waals surface area contributed by atoms with Crippen LogP contribution in [0.2, 0.25) is 0 Å². The number of hydrogen-bond donors (Lipinski definition) is 0. The predicted octanol–water partition coefficient (Wildman–Crippen LogP) is 25.5. The molecule has 0 rings (SSSR count). The summed E-state index contributed by atoms with van der Waals surface area (Å²) in [5.74, 6) is -0.837. The van der Waals surface area contributed by atoms with Gasteiger partial charge >= 0.3 is 17.9 Å². The third-order valence-corrected chi connectivity index (χ3v) is 16.9. The van der Waals surface area contributed by atoms with E-state index in [9.17, 15) is 14.4 Å². The van der Waals surface area contributed by atoms with E-state index in [1.165, 1.54) is 302 Å². The first-order chi connectivity index (χ1) is 40.5. The molecule has 1 unspecified atom stereocenters. The van der Waals surface area contributed by atoms with Crippen LogP contribution in [0.15, 0.2) is 36.5 Å². The van der Waals surface area contributed by atoms with Gasteiger partial charge in [0.25, 0.3) is 0 Å². The highest BCUT2D eigenvalue weighted by molar-refractivity contribution is 5.71. The zero-order valence-corrected chi connectivity index (χ0v) is 55.5. The largest absolute Gasteiger partial charge is 0.462 e. The van der Waals surface area contributed by atoms with E-state index in [1.54, 1.807) is 0 Å². The minimum atomic E-state index is -0.767. The second kappa shape index (κ2) is 71.1. The van der Waals surface area contributed by atoms with Crippen molar-refractivity contribution in [2.24, 2.45) is 0 Å². The van der Waals surface area contributed by atoms with Gasteiger partial charge in [-0.25, -0.2) is 0 Å². The van der Waals surface area contributed by atoms with Crippen molar-refractivity contribution in [3.8, 4) is 0 Å². The fourth-order valence-corrected chi connectivity index (χ4v) is 11.3. The highest BCUT2D eigenvalue weighted by atomic mass is 16.6. The van der Waals surface area contributed by atoms with Crippen molar-refractivity contribution in [1.82, 2.24) is 0 Å². The molecule has 0 aliphatic carbocycles. The van der Waals surface area contributed by atoms with Crippen LogP contribution in [0.4, 0.5) is 0 Å². The van der Waals surface area contributed by atoms with Gasteiger partial charge in [0, 0.05) is 19.3 Å². The lowest BCUT2D eigenvalue weighted by Gasteiger charge is -2.18. The first-order valence-corrected chi connectivity index (χ1v) is 37.0. The number of unbranched alkanes of at least 4 members (excludes halogenated alkanes) is 52. The van der Waals surface area contributed by atoms with Crippen molar-refractivity contribution in [2.45, 2.75) is 419 Å². The SMILES string of the molecule is CCCCCCC/C=C\C/C=C\C/C=C\CCCCCCCCCCCCCCCCCCC(=O)OCC(COC(=O)CCCCCCCCCCC)OC(=O)CCCCCCCCCCCCCCCCCCCCCCCCCC. The number of ether oxygens (including phenoxy) is 3. The van der Waals surface area contributed by atoms with Crippen molar-refractivity contribution < 1.29 is 28.6 Å². The lowest BCUT2D eigenvalue weighted by Crippen LogP contribution is -2.30. The molecule has 6 heteroatoms. The van der Waals surface area contributed by atoms with Gasteiger partial charge in [-0.05, 0) is 57.8 Å². The Hall–Kier alpha value is -2.37. The van der Waals surface area contributed by atoms with E-state index in [-0.39, 0.29) is 31.1 Å². The number of carbonyl (C=O) groups is 3. The van der Waals surface area contributed by atoms with E-state index in [4.69, 9.17) is 14.2 Å². The molecule has 0 aliphatic rings. The number of esters is 3. The molecule has 0 aliphatic heterocycles.